The van der Waals surface area contributed by atoms with Crippen molar-refractivity contribution in [2.24, 2.45) is 0 Å². The summed E-state index contributed by atoms with van der Waals surface area (Å²) in [4.78, 5) is 7.43. The van der Waals surface area contributed by atoms with Gasteiger partial charge < -0.3 is 0 Å². The topological polar surface area (TPSA) is 25.8 Å². The molecule has 0 unspecified atom stereocenters. The lowest BCUT2D eigenvalue weighted by Gasteiger charge is -2.13. The van der Waals surface area contributed by atoms with Gasteiger partial charge in [-0.3, -0.25) is 4.98 Å². The number of nitrogens with zero attached hydrogens (tertiary/aromatic N) is 2. The average molecular weight is 328 g/mol. The normalized spacial score (nSPS) is 11.7. The van der Waals surface area contributed by atoms with E-state index in [9.17, 15) is 13.2 Å². The Balaban J connectivity index is 2.70. The molecular formula is C11H4Cl3F3N2. The lowest BCUT2D eigenvalue weighted by Crippen LogP contribution is -2.08. The highest BCUT2D eigenvalue weighted by molar-refractivity contribution is 6.43. The van der Waals surface area contributed by atoms with Crippen LogP contribution in [0.25, 0.3) is 11.3 Å². The van der Waals surface area contributed by atoms with E-state index in [2.05, 4.69) is 9.97 Å². The van der Waals surface area contributed by atoms with Gasteiger partial charge in [0, 0.05) is 18.0 Å². The quantitative estimate of drug-likeness (QED) is 0.679. The van der Waals surface area contributed by atoms with E-state index in [1.54, 1.807) is 0 Å². The van der Waals surface area contributed by atoms with Gasteiger partial charge in [0.2, 0.25) is 0 Å². The van der Waals surface area contributed by atoms with Crippen molar-refractivity contribution in [1.29, 1.82) is 0 Å². The molecule has 0 amide bonds. The number of alkyl halides is 3. The minimum atomic E-state index is -4.55. The molecule has 0 atom stereocenters. The van der Waals surface area contributed by atoms with E-state index in [0.29, 0.717) is 0 Å². The van der Waals surface area contributed by atoms with Crippen LogP contribution in [0, 0.1) is 0 Å². The average Bonchev–Trinajstić information content (AvgIpc) is 2.33. The summed E-state index contributed by atoms with van der Waals surface area (Å²) in [6.45, 7) is 0. The first-order valence-electron chi connectivity index (χ1n) is 4.84. The van der Waals surface area contributed by atoms with Crippen LogP contribution < -0.4 is 0 Å². The highest BCUT2D eigenvalue weighted by Crippen LogP contribution is 2.39. The molecule has 2 rings (SSSR count). The predicted octanol–water partition coefficient (Wildman–Crippen LogP) is 5.12. The zero-order valence-electron chi connectivity index (χ0n) is 8.97. The van der Waals surface area contributed by atoms with Gasteiger partial charge in [0.25, 0.3) is 0 Å². The summed E-state index contributed by atoms with van der Waals surface area (Å²) < 4.78 is 38.7. The number of rotatable bonds is 1. The molecule has 2 heterocycles. The lowest BCUT2D eigenvalue weighted by atomic mass is 10.1. The molecule has 2 aromatic rings. The number of halogens is 6. The van der Waals surface area contributed by atoms with Crippen LogP contribution in [-0.2, 0) is 6.18 Å². The number of aromatic nitrogens is 2. The molecule has 0 radical (unpaired) electrons. The molecule has 0 saturated carbocycles. The van der Waals surface area contributed by atoms with Crippen molar-refractivity contribution < 1.29 is 13.2 Å². The highest BCUT2D eigenvalue weighted by Gasteiger charge is 2.34. The Morgan fingerprint density at radius 3 is 2.37 bits per heavy atom. The fourth-order valence-electron chi connectivity index (χ4n) is 1.46. The fraction of sp³-hybridized carbons (Fsp3) is 0.0909. The van der Waals surface area contributed by atoms with Crippen LogP contribution in [0.3, 0.4) is 0 Å². The van der Waals surface area contributed by atoms with Gasteiger partial charge in [-0.1, -0.05) is 34.8 Å². The molecule has 0 N–H and O–H groups in total. The third-order valence-corrected chi connectivity index (χ3v) is 3.23. The Bertz CT molecular complexity index is 629. The third kappa shape index (κ3) is 2.94. The van der Waals surface area contributed by atoms with Crippen molar-refractivity contribution in [2.75, 3.05) is 0 Å². The van der Waals surface area contributed by atoms with E-state index >= 15 is 0 Å². The predicted molar refractivity (Wildman–Crippen MR) is 67.5 cm³/mol. The summed E-state index contributed by atoms with van der Waals surface area (Å²) in [5.74, 6) is 0. The molecule has 8 heteroatoms. The number of hydrogen-bond donors (Lipinski definition) is 0. The second kappa shape index (κ2) is 5.15. The molecule has 0 saturated heterocycles. The summed E-state index contributed by atoms with van der Waals surface area (Å²) in [5, 5.41) is -0.0983. The SMILES string of the molecule is FC(F)(F)c1ccncc1-c1nc(Cl)c(Cl)cc1Cl. The molecule has 0 aliphatic carbocycles. The molecule has 19 heavy (non-hydrogen) atoms. The molecule has 0 fully saturated rings. The Hall–Kier alpha value is -1.04. The largest absolute Gasteiger partial charge is 0.417 e. The minimum absolute atomic E-state index is 0.0344. The van der Waals surface area contributed by atoms with E-state index < -0.39 is 11.7 Å². The molecular weight excluding hydrogens is 323 g/mol. The van der Waals surface area contributed by atoms with Gasteiger partial charge in [0.15, 0.2) is 0 Å². The second-order valence-corrected chi connectivity index (χ2v) is 4.68. The standard InChI is InChI=1S/C11H4Cl3F3N2/c12-7-3-8(13)10(14)19-9(7)5-4-18-2-1-6(5)11(15,16)17/h1-4H. The maximum absolute atomic E-state index is 12.9. The van der Waals surface area contributed by atoms with Crippen LogP contribution in [0.2, 0.25) is 15.2 Å². The molecule has 0 bridgehead atoms. The zero-order valence-corrected chi connectivity index (χ0v) is 11.2. The molecule has 0 aliphatic heterocycles. The van der Waals surface area contributed by atoms with E-state index in [-0.39, 0.29) is 26.5 Å². The molecule has 0 spiro atoms. The summed E-state index contributed by atoms with van der Waals surface area (Å²) in [5.41, 5.74) is -1.26. The minimum Gasteiger partial charge on any atom is -0.264 e. The summed E-state index contributed by atoms with van der Waals surface area (Å²) in [7, 11) is 0. The van der Waals surface area contributed by atoms with Crippen molar-refractivity contribution in [3.63, 3.8) is 0 Å². The fourth-order valence-corrected chi connectivity index (χ4v) is 2.06. The maximum atomic E-state index is 12.9. The molecule has 0 aromatic carbocycles. The Kier molecular flexibility index (Phi) is 3.90. The van der Waals surface area contributed by atoms with Crippen molar-refractivity contribution in [1.82, 2.24) is 9.97 Å². The van der Waals surface area contributed by atoms with Crippen LogP contribution >= 0.6 is 34.8 Å². The Morgan fingerprint density at radius 1 is 1.05 bits per heavy atom. The summed E-state index contributed by atoms with van der Waals surface area (Å²) in [6, 6.07) is 2.08. The van der Waals surface area contributed by atoms with Gasteiger partial charge >= 0.3 is 6.18 Å². The number of hydrogen-bond acceptors (Lipinski definition) is 2. The highest BCUT2D eigenvalue weighted by atomic mass is 35.5. The van der Waals surface area contributed by atoms with Crippen molar-refractivity contribution >= 4 is 34.8 Å². The van der Waals surface area contributed by atoms with Gasteiger partial charge in [-0.2, -0.15) is 13.2 Å². The first kappa shape index (κ1) is 14.4. The summed E-state index contributed by atoms with van der Waals surface area (Å²) >= 11 is 17.2. The van der Waals surface area contributed by atoms with Crippen molar-refractivity contribution in [2.45, 2.75) is 6.18 Å². The van der Waals surface area contributed by atoms with E-state index in [4.69, 9.17) is 34.8 Å². The molecule has 0 aliphatic rings. The van der Waals surface area contributed by atoms with Crippen LogP contribution in [0.1, 0.15) is 5.56 Å². The van der Waals surface area contributed by atoms with Gasteiger partial charge in [-0.05, 0) is 12.1 Å². The van der Waals surface area contributed by atoms with Gasteiger partial charge in [0.1, 0.15) is 5.15 Å². The van der Waals surface area contributed by atoms with Crippen LogP contribution in [-0.4, -0.2) is 9.97 Å². The lowest BCUT2D eigenvalue weighted by molar-refractivity contribution is -0.137. The van der Waals surface area contributed by atoms with E-state index in [1.165, 1.54) is 6.07 Å². The van der Waals surface area contributed by atoms with E-state index in [0.717, 1.165) is 18.5 Å². The molecule has 2 aromatic heterocycles. The Labute approximate surface area is 121 Å². The summed E-state index contributed by atoms with van der Waals surface area (Å²) in [6.07, 6.45) is -2.48. The Morgan fingerprint density at radius 2 is 1.74 bits per heavy atom. The van der Waals surface area contributed by atoms with Gasteiger partial charge in [0.05, 0.1) is 21.3 Å². The smallest absolute Gasteiger partial charge is 0.264 e. The third-order valence-electron chi connectivity index (χ3n) is 2.27. The monoisotopic (exact) mass is 326 g/mol. The van der Waals surface area contributed by atoms with Gasteiger partial charge in [-0.15, -0.1) is 0 Å². The van der Waals surface area contributed by atoms with Crippen LogP contribution in [0.15, 0.2) is 24.5 Å². The first-order valence-corrected chi connectivity index (χ1v) is 5.97. The second-order valence-electron chi connectivity index (χ2n) is 3.51. The number of pyridine rings is 2. The van der Waals surface area contributed by atoms with E-state index in [1.807, 2.05) is 0 Å². The van der Waals surface area contributed by atoms with Crippen molar-refractivity contribution in [3.8, 4) is 11.3 Å². The zero-order chi connectivity index (χ0) is 14.2. The molecule has 2 nitrogen and oxygen atoms in total. The molecule has 100 valence electrons. The van der Waals surface area contributed by atoms with Crippen molar-refractivity contribution in [3.05, 3.63) is 45.3 Å². The van der Waals surface area contributed by atoms with Gasteiger partial charge in [-0.25, -0.2) is 4.98 Å². The van der Waals surface area contributed by atoms with Crippen LogP contribution in [0.5, 0.6) is 0 Å². The maximum Gasteiger partial charge on any atom is 0.417 e. The van der Waals surface area contributed by atoms with Crippen LogP contribution in [0.4, 0.5) is 13.2 Å². The first-order chi connectivity index (χ1) is 8.80.